The Morgan fingerprint density at radius 3 is 0.828 bits per heavy atom. The lowest BCUT2D eigenvalue weighted by molar-refractivity contribution is -0.138. The minimum Gasteiger partial charge on any atom is -0.497 e. The maximum absolute atomic E-state index is 13.2. The van der Waals surface area contributed by atoms with Gasteiger partial charge in [0.2, 0.25) is 0 Å². The van der Waals surface area contributed by atoms with Gasteiger partial charge in [0, 0.05) is 91.6 Å². The van der Waals surface area contributed by atoms with E-state index in [0.29, 0.717) is 73.8 Å². The molecule has 15 nitrogen and oxygen atoms in total. The van der Waals surface area contributed by atoms with E-state index in [1.807, 2.05) is 68.7 Å². The molecule has 0 saturated carbocycles. The zero-order valence-corrected chi connectivity index (χ0v) is 50.4. The van der Waals surface area contributed by atoms with Crippen molar-refractivity contribution < 1.29 is 82.3 Å². The number of carbonyl (C=O) groups excluding carboxylic acids is 3. The fourth-order valence-electron chi connectivity index (χ4n) is 11.2. The molecule has 3 aromatic heterocycles. The van der Waals surface area contributed by atoms with E-state index in [0.717, 1.165) is 53.5 Å². The molecule has 9 aromatic rings. The van der Waals surface area contributed by atoms with Crippen LogP contribution in [-0.4, -0.2) is 107 Å². The Morgan fingerprint density at radius 2 is 0.591 bits per heavy atom. The van der Waals surface area contributed by atoms with Crippen LogP contribution in [0.5, 0.6) is 34.5 Å². The first-order chi connectivity index (χ1) is 44.6. The minimum absolute atomic E-state index is 0.00396. The maximum Gasteiger partial charge on any atom is 0.416 e. The van der Waals surface area contributed by atoms with Crippen molar-refractivity contribution in [3.8, 4) is 34.5 Å². The number of nitrogens with zero attached hydrogens (tertiary/aromatic N) is 6. The summed E-state index contributed by atoms with van der Waals surface area (Å²) in [5, 5.41) is 0. The molecule has 0 bridgehead atoms. The van der Waals surface area contributed by atoms with E-state index < -0.39 is 71.1 Å². The number of ether oxygens (including phenoxy) is 6. The predicted molar refractivity (Wildman–Crippen MR) is 324 cm³/mol. The Morgan fingerprint density at radius 1 is 0.344 bits per heavy atom. The Hall–Kier alpha value is -10.3. The van der Waals surface area contributed by atoms with Gasteiger partial charge in [0.1, 0.15) is 72.4 Å². The summed E-state index contributed by atoms with van der Waals surface area (Å²) in [6.45, 7) is 3.29. The number of halogens is 9. The van der Waals surface area contributed by atoms with Crippen molar-refractivity contribution in [1.82, 2.24) is 28.4 Å². The molecule has 1 unspecified atom stereocenters. The molecule has 0 radical (unpaired) electrons. The highest BCUT2D eigenvalue weighted by Crippen LogP contribution is 2.37. The largest absolute Gasteiger partial charge is 0.497 e. The molecule has 3 aliphatic heterocycles. The number of rotatable bonds is 15. The maximum atomic E-state index is 13.2. The van der Waals surface area contributed by atoms with Gasteiger partial charge in [-0.1, -0.05) is 18.2 Å². The third-order valence-electron chi connectivity index (χ3n) is 16.0. The fourth-order valence-corrected chi connectivity index (χ4v) is 11.2. The summed E-state index contributed by atoms with van der Waals surface area (Å²) in [6, 6.07) is 44.8. The molecule has 486 valence electrons. The molecule has 0 N–H and O–H groups in total. The molecule has 0 fully saturated rings. The number of methoxy groups -OCH3 is 3. The Bertz CT molecular complexity index is 3590. The van der Waals surface area contributed by atoms with E-state index in [9.17, 15) is 53.9 Å². The molecule has 3 aliphatic rings. The monoisotopic (exact) mass is 1290 g/mol. The Balaban J connectivity index is 0.000000153. The number of hydrogen-bond donors (Lipinski definition) is 0. The molecule has 93 heavy (non-hydrogen) atoms. The minimum atomic E-state index is -4.51. The standard InChI is InChI=1S/3C23H21F3N2O3/c3*1-30-18-7-9-19(10-8-18)31-15-21-20-6-3-11-27(20)12-13-28(21)22(29)16-4-2-5-17(14-16)23(24,25)26/h3*2-11,14,21H,12-13,15H2,1H3/t2*21-;/m10./s1. The van der Waals surface area contributed by atoms with E-state index in [1.165, 1.54) is 36.4 Å². The van der Waals surface area contributed by atoms with Crippen molar-refractivity contribution in [2.75, 3.05) is 60.8 Å². The molecular formula is C69H63F9N6O9. The van der Waals surface area contributed by atoms with E-state index >= 15 is 0 Å². The van der Waals surface area contributed by atoms with Gasteiger partial charge in [-0.05, 0) is 164 Å². The van der Waals surface area contributed by atoms with E-state index in [2.05, 4.69) is 0 Å². The average Bonchev–Trinajstić information content (AvgIpc) is 1.85. The molecule has 0 saturated heterocycles. The summed E-state index contributed by atoms with van der Waals surface area (Å²) in [7, 11) is 4.72. The molecular weight excluding hydrogens is 1230 g/mol. The van der Waals surface area contributed by atoms with Crippen molar-refractivity contribution in [2.45, 2.75) is 56.3 Å². The Kier molecular flexibility index (Phi) is 20.1. The topological polar surface area (TPSA) is 131 Å². The number of amides is 3. The van der Waals surface area contributed by atoms with Gasteiger partial charge >= 0.3 is 18.5 Å². The lowest BCUT2D eigenvalue weighted by Crippen LogP contribution is -2.44. The van der Waals surface area contributed by atoms with Gasteiger partial charge < -0.3 is 56.8 Å². The van der Waals surface area contributed by atoms with Gasteiger partial charge in [0.15, 0.2) is 0 Å². The number of fused-ring (bicyclic) bond motifs is 3. The summed E-state index contributed by atoms with van der Waals surface area (Å²) in [5.74, 6) is 2.54. The van der Waals surface area contributed by atoms with Gasteiger partial charge in [-0.2, -0.15) is 39.5 Å². The molecule has 24 heteroatoms. The molecule has 0 spiro atoms. The smallest absolute Gasteiger partial charge is 0.416 e. The second-order valence-electron chi connectivity index (χ2n) is 21.6. The summed E-state index contributed by atoms with van der Waals surface area (Å²) < 4.78 is 157. The third-order valence-corrected chi connectivity index (χ3v) is 16.0. The predicted octanol–water partition coefficient (Wildman–Crippen LogP) is 14.4. The second-order valence-corrected chi connectivity index (χ2v) is 21.6. The quantitative estimate of drug-likeness (QED) is 0.0921. The second kappa shape index (κ2) is 28.5. The van der Waals surface area contributed by atoms with Crippen molar-refractivity contribution in [1.29, 1.82) is 0 Å². The van der Waals surface area contributed by atoms with Crippen LogP contribution >= 0.6 is 0 Å². The zero-order chi connectivity index (χ0) is 66.0. The fraction of sp³-hybridized carbons (Fsp3) is 0.261. The average molecular weight is 1290 g/mol. The van der Waals surface area contributed by atoms with E-state index in [-0.39, 0.29) is 36.5 Å². The summed E-state index contributed by atoms with van der Waals surface area (Å²) >= 11 is 0. The zero-order valence-electron chi connectivity index (χ0n) is 50.4. The molecule has 3 amide bonds. The van der Waals surface area contributed by atoms with Crippen LogP contribution < -0.4 is 28.4 Å². The normalized spacial score (nSPS) is 16.0. The lowest BCUT2D eigenvalue weighted by atomic mass is 10.1. The molecule has 6 aromatic carbocycles. The highest BCUT2D eigenvalue weighted by atomic mass is 19.4. The summed E-state index contributed by atoms with van der Waals surface area (Å²) in [5.41, 5.74) is 0.109. The number of alkyl halides is 9. The SMILES string of the molecule is COc1ccc(OCC2c3cccn3CCN2C(=O)c2cccc(C(F)(F)F)c2)cc1.COc1ccc(OC[C@@H]2c3cccn3CCN2C(=O)c2cccc(C(F)(F)F)c2)cc1.COc1ccc(OC[C@H]2c3cccn3CCN2C(=O)c2cccc(C(F)(F)F)c2)cc1. The van der Waals surface area contributed by atoms with Crippen LogP contribution in [0.15, 0.2) is 201 Å². The van der Waals surface area contributed by atoms with Gasteiger partial charge in [-0.25, -0.2) is 0 Å². The number of hydrogen-bond acceptors (Lipinski definition) is 9. The first-order valence-corrected chi connectivity index (χ1v) is 29.3. The highest BCUT2D eigenvalue weighted by molar-refractivity contribution is 5.96. The van der Waals surface area contributed by atoms with Crippen LogP contribution in [0.25, 0.3) is 0 Å². The number of benzene rings is 6. The van der Waals surface area contributed by atoms with Crippen molar-refractivity contribution in [3.05, 3.63) is 251 Å². The first-order valence-electron chi connectivity index (χ1n) is 29.3. The Labute approximate surface area is 529 Å². The third kappa shape index (κ3) is 15.7. The van der Waals surface area contributed by atoms with Crippen LogP contribution in [-0.2, 0) is 38.2 Å². The van der Waals surface area contributed by atoms with Crippen LogP contribution in [0, 0.1) is 0 Å². The lowest BCUT2D eigenvalue weighted by Gasteiger charge is -2.37. The number of aromatic nitrogens is 3. The van der Waals surface area contributed by atoms with Crippen molar-refractivity contribution in [2.24, 2.45) is 0 Å². The molecule has 3 atom stereocenters. The van der Waals surface area contributed by atoms with Gasteiger partial charge in [-0.3, -0.25) is 14.4 Å². The van der Waals surface area contributed by atoms with E-state index in [4.69, 9.17) is 28.4 Å². The molecule has 12 rings (SSSR count). The van der Waals surface area contributed by atoms with Crippen molar-refractivity contribution >= 4 is 17.7 Å². The van der Waals surface area contributed by atoms with Gasteiger partial charge in [-0.15, -0.1) is 0 Å². The number of carbonyl (C=O) groups is 3. The van der Waals surface area contributed by atoms with Crippen LogP contribution in [0.1, 0.15) is 83.0 Å². The first kappa shape index (κ1) is 65.7. The van der Waals surface area contributed by atoms with Crippen LogP contribution in [0.2, 0.25) is 0 Å². The van der Waals surface area contributed by atoms with Crippen molar-refractivity contribution in [3.63, 3.8) is 0 Å². The highest BCUT2D eigenvalue weighted by Gasteiger charge is 2.39. The molecule has 0 aliphatic carbocycles. The van der Waals surface area contributed by atoms with Gasteiger partial charge in [0.25, 0.3) is 17.7 Å². The van der Waals surface area contributed by atoms with E-state index in [1.54, 1.807) is 109 Å². The summed E-state index contributed by atoms with van der Waals surface area (Å²) in [4.78, 5) is 44.3. The summed E-state index contributed by atoms with van der Waals surface area (Å²) in [6.07, 6.45) is -7.78. The van der Waals surface area contributed by atoms with Crippen LogP contribution in [0.4, 0.5) is 39.5 Å². The van der Waals surface area contributed by atoms with Gasteiger partial charge in [0.05, 0.1) is 38.0 Å². The molecule has 6 heterocycles. The van der Waals surface area contributed by atoms with Crippen LogP contribution in [0.3, 0.4) is 0 Å².